The predicted octanol–water partition coefficient (Wildman–Crippen LogP) is 0.829. The van der Waals surface area contributed by atoms with E-state index >= 15 is 0 Å². The number of alkyl halides is 1. The number of hydroxylamine groups is 2. The topological polar surface area (TPSA) is 32.8 Å². The minimum Gasteiger partial charge on any atom is -0.291 e. The fourth-order valence-electron chi connectivity index (χ4n) is 1.53. The van der Waals surface area contributed by atoms with Crippen LogP contribution in [0.3, 0.4) is 0 Å². The molecular weight excluding hydrogens is 199 g/mol. The average molecular weight is 218 g/mol. The molecule has 1 saturated heterocycles. The number of amides is 1. The van der Waals surface area contributed by atoms with E-state index in [-0.39, 0.29) is 18.6 Å². The van der Waals surface area contributed by atoms with Crippen molar-refractivity contribution in [2.75, 3.05) is 27.2 Å². The fraction of sp³-hybridized carbons (Fsp3) is 0.900. The van der Waals surface area contributed by atoms with Crippen LogP contribution >= 0.6 is 0 Å². The van der Waals surface area contributed by atoms with E-state index in [2.05, 4.69) is 4.84 Å². The molecule has 0 unspecified atom stereocenters. The second-order valence-corrected chi connectivity index (χ2v) is 4.98. The van der Waals surface area contributed by atoms with E-state index in [0.29, 0.717) is 0 Å². The maximum absolute atomic E-state index is 14.0. The molecule has 88 valence electrons. The Morgan fingerprint density at radius 2 is 1.93 bits per heavy atom. The first kappa shape index (κ1) is 12.4. The molecule has 0 bridgehead atoms. The molecule has 1 aliphatic heterocycles. The lowest BCUT2D eigenvalue weighted by atomic mass is 9.89. The van der Waals surface area contributed by atoms with Crippen molar-refractivity contribution in [3.05, 3.63) is 0 Å². The number of likely N-dealkylation sites (tertiary alicyclic amines) is 1. The maximum Gasteiger partial charge on any atom is 0.286 e. The van der Waals surface area contributed by atoms with Crippen LogP contribution in [0.15, 0.2) is 0 Å². The molecule has 1 amide bonds. The van der Waals surface area contributed by atoms with Crippen LogP contribution in [0.25, 0.3) is 0 Å². The van der Waals surface area contributed by atoms with Crippen LogP contribution in [0.2, 0.25) is 0 Å². The summed E-state index contributed by atoms with van der Waals surface area (Å²) in [5.74, 6) is -0.606. The first-order chi connectivity index (χ1) is 6.70. The van der Waals surface area contributed by atoms with Crippen molar-refractivity contribution in [3.63, 3.8) is 0 Å². The van der Waals surface area contributed by atoms with Gasteiger partial charge in [-0.05, 0) is 20.8 Å². The summed E-state index contributed by atoms with van der Waals surface area (Å²) in [7, 11) is 2.77. The molecule has 1 rings (SSSR count). The minimum absolute atomic E-state index is 0.0957. The van der Waals surface area contributed by atoms with Crippen molar-refractivity contribution >= 4 is 5.91 Å². The molecule has 15 heavy (non-hydrogen) atoms. The van der Waals surface area contributed by atoms with Gasteiger partial charge < -0.3 is 0 Å². The summed E-state index contributed by atoms with van der Waals surface area (Å²) in [5.41, 5.74) is -1.88. The van der Waals surface area contributed by atoms with Gasteiger partial charge in [-0.2, -0.15) is 0 Å². The number of hydrogen-bond acceptors (Lipinski definition) is 3. The minimum atomic E-state index is -1.78. The van der Waals surface area contributed by atoms with Gasteiger partial charge >= 0.3 is 0 Å². The van der Waals surface area contributed by atoms with Crippen molar-refractivity contribution in [1.82, 2.24) is 9.96 Å². The van der Waals surface area contributed by atoms with Gasteiger partial charge in [0.25, 0.3) is 5.91 Å². The number of rotatable bonds is 2. The third-order valence-electron chi connectivity index (χ3n) is 2.77. The van der Waals surface area contributed by atoms with Gasteiger partial charge in [0.15, 0.2) is 0 Å². The van der Waals surface area contributed by atoms with E-state index in [4.69, 9.17) is 0 Å². The van der Waals surface area contributed by atoms with Crippen molar-refractivity contribution in [1.29, 1.82) is 0 Å². The lowest BCUT2D eigenvalue weighted by Crippen LogP contribution is -2.70. The summed E-state index contributed by atoms with van der Waals surface area (Å²) < 4.78 is 14.0. The van der Waals surface area contributed by atoms with Crippen LogP contribution in [0.1, 0.15) is 20.8 Å². The Balaban J connectivity index is 2.58. The maximum atomic E-state index is 14.0. The number of nitrogens with zero attached hydrogens (tertiary/aromatic N) is 2. The van der Waals surface area contributed by atoms with Crippen molar-refractivity contribution < 1.29 is 14.0 Å². The highest BCUT2D eigenvalue weighted by atomic mass is 19.1. The normalized spacial score (nSPS) is 20.9. The van der Waals surface area contributed by atoms with Crippen LogP contribution in [0, 0.1) is 0 Å². The van der Waals surface area contributed by atoms with Crippen LogP contribution < -0.4 is 0 Å². The molecule has 1 fully saturated rings. The summed E-state index contributed by atoms with van der Waals surface area (Å²) in [6, 6.07) is 0. The van der Waals surface area contributed by atoms with Crippen molar-refractivity contribution in [2.45, 2.75) is 32.0 Å². The van der Waals surface area contributed by atoms with Gasteiger partial charge in [-0.25, -0.2) is 9.45 Å². The largest absolute Gasteiger partial charge is 0.291 e. The first-order valence-corrected chi connectivity index (χ1v) is 4.97. The Hall–Kier alpha value is -0.680. The van der Waals surface area contributed by atoms with Gasteiger partial charge in [-0.1, -0.05) is 0 Å². The van der Waals surface area contributed by atoms with Crippen LogP contribution in [0.5, 0.6) is 0 Å². The molecule has 0 aromatic carbocycles. The van der Waals surface area contributed by atoms with Crippen LogP contribution in [-0.4, -0.2) is 54.3 Å². The number of carbonyl (C=O) groups is 1. The average Bonchev–Trinajstić information content (AvgIpc) is 2.08. The third kappa shape index (κ3) is 2.29. The molecule has 0 radical (unpaired) electrons. The SMILES string of the molecule is CON(C)C(=O)C1(F)CN(C(C)(C)C)C1. The second kappa shape index (κ2) is 3.72. The molecule has 0 N–H and O–H groups in total. The van der Waals surface area contributed by atoms with Gasteiger partial charge in [0.05, 0.1) is 7.11 Å². The molecule has 1 aliphatic rings. The zero-order chi connectivity index (χ0) is 11.9. The number of halogens is 1. The van der Waals surface area contributed by atoms with Gasteiger partial charge in [-0.15, -0.1) is 0 Å². The van der Waals surface area contributed by atoms with Crippen LogP contribution in [0.4, 0.5) is 4.39 Å². The quantitative estimate of drug-likeness (QED) is 0.644. The van der Waals surface area contributed by atoms with E-state index in [1.54, 1.807) is 0 Å². The zero-order valence-electron chi connectivity index (χ0n) is 10.0. The van der Waals surface area contributed by atoms with E-state index < -0.39 is 11.6 Å². The van der Waals surface area contributed by atoms with Crippen molar-refractivity contribution in [2.24, 2.45) is 0 Å². The smallest absolute Gasteiger partial charge is 0.286 e. The third-order valence-corrected chi connectivity index (χ3v) is 2.77. The Kier molecular flexibility index (Phi) is 3.07. The van der Waals surface area contributed by atoms with Gasteiger partial charge in [0.1, 0.15) is 0 Å². The predicted molar refractivity (Wildman–Crippen MR) is 54.9 cm³/mol. The molecule has 0 saturated carbocycles. The monoisotopic (exact) mass is 218 g/mol. The Labute approximate surface area is 89.9 Å². The van der Waals surface area contributed by atoms with Gasteiger partial charge in [0, 0.05) is 25.7 Å². The molecule has 0 spiro atoms. The fourth-order valence-corrected chi connectivity index (χ4v) is 1.53. The lowest BCUT2D eigenvalue weighted by molar-refractivity contribution is -0.196. The molecule has 4 nitrogen and oxygen atoms in total. The standard InChI is InChI=1S/C10H19FN2O2/c1-9(2,3)13-6-10(11,7-13)8(14)12(4)15-5/h6-7H2,1-5H3. The summed E-state index contributed by atoms with van der Waals surface area (Å²) in [6.07, 6.45) is 0. The Morgan fingerprint density at radius 1 is 1.47 bits per heavy atom. The van der Waals surface area contributed by atoms with Crippen molar-refractivity contribution in [3.8, 4) is 0 Å². The molecule has 0 atom stereocenters. The molecule has 0 aromatic heterocycles. The summed E-state index contributed by atoms with van der Waals surface area (Å²) in [4.78, 5) is 18.2. The highest BCUT2D eigenvalue weighted by molar-refractivity contribution is 5.85. The number of hydrogen-bond donors (Lipinski definition) is 0. The first-order valence-electron chi connectivity index (χ1n) is 4.97. The van der Waals surface area contributed by atoms with Gasteiger partial charge in [0.2, 0.25) is 5.67 Å². The number of carbonyl (C=O) groups excluding carboxylic acids is 1. The summed E-state index contributed by atoms with van der Waals surface area (Å²) in [6.45, 7) is 6.28. The summed E-state index contributed by atoms with van der Waals surface area (Å²) >= 11 is 0. The molecule has 0 aromatic rings. The van der Waals surface area contributed by atoms with E-state index in [9.17, 15) is 9.18 Å². The van der Waals surface area contributed by atoms with Crippen LogP contribution in [-0.2, 0) is 9.63 Å². The molecular formula is C10H19FN2O2. The van der Waals surface area contributed by atoms with E-state index in [1.165, 1.54) is 14.2 Å². The Morgan fingerprint density at radius 3 is 2.27 bits per heavy atom. The molecule has 5 heteroatoms. The molecule has 0 aliphatic carbocycles. The Bertz CT molecular complexity index is 257. The van der Waals surface area contributed by atoms with E-state index in [0.717, 1.165) is 5.06 Å². The van der Waals surface area contributed by atoms with Gasteiger partial charge in [-0.3, -0.25) is 14.5 Å². The highest BCUT2D eigenvalue weighted by Crippen LogP contribution is 2.32. The lowest BCUT2D eigenvalue weighted by Gasteiger charge is -2.50. The van der Waals surface area contributed by atoms with E-state index in [1.807, 2.05) is 25.7 Å². The summed E-state index contributed by atoms with van der Waals surface area (Å²) in [5, 5.41) is 0.944. The molecule has 1 heterocycles. The highest BCUT2D eigenvalue weighted by Gasteiger charge is 2.54. The zero-order valence-corrected chi connectivity index (χ0v) is 10.0. The second-order valence-electron chi connectivity index (χ2n) is 4.98.